The molecule has 1 N–H and O–H groups in total. The van der Waals surface area contributed by atoms with E-state index in [1.165, 1.54) is 0 Å². The molecule has 4 aromatic rings. The fraction of sp³-hybridized carbons (Fsp3) is 0.185. The summed E-state index contributed by atoms with van der Waals surface area (Å²) >= 11 is 0. The molecule has 0 aliphatic heterocycles. The van der Waals surface area contributed by atoms with E-state index in [2.05, 4.69) is 10.3 Å². The molecule has 0 aliphatic rings. The summed E-state index contributed by atoms with van der Waals surface area (Å²) in [5.41, 5.74) is 6.08. The van der Waals surface area contributed by atoms with Gasteiger partial charge in [0.1, 0.15) is 17.1 Å². The number of furan rings is 1. The number of nitrogens with one attached hydrogen (secondary N) is 1. The van der Waals surface area contributed by atoms with Crippen LogP contribution in [0.4, 0.5) is 0 Å². The van der Waals surface area contributed by atoms with Gasteiger partial charge < -0.3 is 19.2 Å². The summed E-state index contributed by atoms with van der Waals surface area (Å²) in [5.74, 6) is 1.26. The third-order valence-corrected chi connectivity index (χ3v) is 5.63. The van der Waals surface area contributed by atoms with Gasteiger partial charge in [-0.15, -0.1) is 0 Å². The third-order valence-electron chi connectivity index (χ3n) is 5.63. The number of hydrogen-bond acceptors (Lipinski definition) is 5. The van der Waals surface area contributed by atoms with Crippen LogP contribution < -0.4 is 14.8 Å². The van der Waals surface area contributed by atoms with Crippen LogP contribution in [0.1, 0.15) is 23.6 Å². The van der Waals surface area contributed by atoms with E-state index in [1.54, 1.807) is 39.0 Å². The lowest BCUT2D eigenvalue weighted by atomic mass is 9.96. The maximum atomic E-state index is 12.6. The SMILES string of the molecule is COc1ccccc1-c1coc2c(C)c(OC)c(/C(C)=C/C(=O)NCc3ccncc3)cc12. The minimum Gasteiger partial charge on any atom is -0.496 e. The van der Waals surface area contributed by atoms with Gasteiger partial charge in [-0.05, 0) is 49.2 Å². The van der Waals surface area contributed by atoms with Gasteiger partial charge in [0, 0.05) is 52.7 Å². The van der Waals surface area contributed by atoms with Crippen molar-refractivity contribution in [1.29, 1.82) is 0 Å². The molecule has 0 aliphatic carbocycles. The lowest BCUT2D eigenvalue weighted by Crippen LogP contribution is -2.20. The molecule has 33 heavy (non-hydrogen) atoms. The van der Waals surface area contributed by atoms with Crippen LogP contribution >= 0.6 is 0 Å². The first kappa shape index (κ1) is 22.1. The maximum absolute atomic E-state index is 12.6. The van der Waals surface area contributed by atoms with E-state index in [1.807, 2.05) is 56.3 Å². The summed E-state index contributed by atoms with van der Waals surface area (Å²) in [6.07, 6.45) is 6.73. The summed E-state index contributed by atoms with van der Waals surface area (Å²) in [6.45, 7) is 4.29. The van der Waals surface area contributed by atoms with E-state index >= 15 is 0 Å². The number of fused-ring (bicyclic) bond motifs is 1. The Morgan fingerprint density at radius 2 is 1.85 bits per heavy atom. The van der Waals surface area contributed by atoms with Crippen LogP contribution in [-0.2, 0) is 11.3 Å². The van der Waals surface area contributed by atoms with Gasteiger partial charge in [-0.3, -0.25) is 9.78 Å². The van der Waals surface area contributed by atoms with Crippen molar-refractivity contribution in [3.63, 3.8) is 0 Å². The number of ether oxygens (including phenoxy) is 2. The lowest BCUT2D eigenvalue weighted by Gasteiger charge is -2.14. The highest BCUT2D eigenvalue weighted by molar-refractivity contribution is 6.02. The number of nitrogens with zero attached hydrogens (tertiary/aromatic N) is 1. The topological polar surface area (TPSA) is 73.6 Å². The van der Waals surface area contributed by atoms with Crippen molar-refractivity contribution >= 4 is 22.4 Å². The van der Waals surface area contributed by atoms with Crippen LogP contribution in [-0.4, -0.2) is 25.1 Å². The van der Waals surface area contributed by atoms with E-state index in [4.69, 9.17) is 13.9 Å². The summed E-state index contributed by atoms with van der Waals surface area (Å²) in [7, 11) is 3.27. The van der Waals surface area contributed by atoms with Gasteiger partial charge in [0.25, 0.3) is 0 Å². The molecule has 2 aromatic heterocycles. The minimum absolute atomic E-state index is 0.179. The van der Waals surface area contributed by atoms with Crippen molar-refractivity contribution < 1.29 is 18.7 Å². The molecule has 0 spiro atoms. The normalized spacial score (nSPS) is 11.5. The molecule has 168 valence electrons. The van der Waals surface area contributed by atoms with Crippen molar-refractivity contribution in [2.45, 2.75) is 20.4 Å². The Hall–Kier alpha value is -4.06. The Balaban J connectivity index is 1.73. The Labute approximate surface area is 192 Å². The van der Waals surface area contributed by atoms with Gasteiger partial charge in [0.05, 0.1) is 20.5 Å². The number of allylic oxidation sites excluding steroid dienone is 1. The zero-order chi connectivity index (χ0) is 23.4. The van der Waals surface area contributed by atoms with Crippen LogP contribution in [0.15, 0.2) is 71.6 Å². The minimum atomic E-state index is -0.179. The number of pyridine rings is 1. The predicted octanol–water partition coefficient (Wildman–Crippen LogP) is 5.54. The fourth-order valence-electron chi connectivity index (χ4n) is 3.96. The highest BCUT2D eigenvalue weighted by Gasteiger charge is 2.20. The van der Waals surface area contributed by atoms with Crippen molar-refractivity contribution in [3.8, 4) is 22.6 Å². The monoisotopic (exact) mass is 442 g/mol. The van der Waals surface area contributed by atoms with Crippen LogP contribution in [0.5, 0.6) is 11.5 Å². The van der Waals surface area contributed by atoms with Crippen molar-refractivity contribution in [3.05, 3.63) is 83.9 Å². The second-order valence-corrected chi connectivity index (χ2v) is 7.71. The summed E-state index contributed by atoms with van der Waals surface area (Å²) in [6, 6.07) is 13.6. The molecular weight excluding hydrogens is 416 g/mol. The van der Waals surface area contributed by atoms with Crippen molar-refractivity contribution in [2.75, 3.05) is 14.2 Å². The molecule has 0 fully saturated rings. The number of carbonyl (C=O) groups excluding carboxylic acids is 1. The second kappa shape index (κ2) is 9.61. The first-order chi connectivity index (χ1) is 16.0. The molecule has 1 amide bonds. The summed E-state index contributed by atoms with van der Waals surface area (Å²) in [5, 5.41) is 3.85. The Morgan fingerprint density at radius 1 is 1.09 bits per heavy atom. The predicted molar refractivity (Wildman–Crippen MR) is 129 cm³/mol. The molecule has 6 nitrogen and oxygen atoms in total. The van der Waals surface area contributed by atoms with Crippen LogP contribution in [0.25, 0.3) is 27.7 Å². The number of hydrogen-bond donors (Lipinski definition) is 1. The Bertz CT molecular complexity index is 1320. The van der Waals surface area contributed by atoms with Crippen LogP contribution in [0.3, 0.4) is 0 Å². The van der Waals surface area contributed by atoms with E-state index in [0.717, 1.165) is 50.1 Å². The summed E-state index contributed by atoms with van der Waals surface area (Å²) in [4.78, 5) is 16.6. The molecule has 0 atom stereocenters. The van der Waals surface area contributed by atoms with Crippen molar-refractivity contribution in [1.82, 2.24) is 10.3 Å². The average Bonchev–Trinajstić information content (AvgIpc) is 3.27. The second-order valence-electron chi connectivity index (χ2n) is 7.71. The first-order valence-corrected chi connectivity index (χ1v) is 10.6. The Kier molecular flexibility index (Phi) is 6.45. The number of benzene rings is 2. The van der Waals surface area contributed by atoms with Gasteiger partial charge in [0.15, 0.2) is 0 Å². The Morgan fingerprint density at radius 3 is 2.58 bits per heavy atom. The first-order valence-electron chi connectivity index (χ1n) is 10.6. The number of rotatable bonds is 7. The van der Waals surface area contributed by atoms with Gasteiger partial charge in [-0.2, -0.15) is 0 Å². The molecule has 2 aromatic carbocycles. The zero-order valence-corrected chi connectivity index (χ0v) is 19.1. The molecule has 6 heteroatoms. The highest BCUT2D eigenvalue weighted by atomic mass is 16.5. The van der Waals surface area contributed by atoms with E-state index in [0.29, 0.717) is 12.3 Å². The average molecular weight is 443 g/mol. The van der Waals surface area contributed by atoms with Gasteiger partial charge in [0.2, 0.25) is 5.91 Å². The highest BCUT2D eigenvalue weighted by Crippen LogP contribution is 2.42. The number of methoxy groups -OCH3 is 2. The molecule has 0 bridgehead atoms. The van der Waals surface area contributed by atoms with Gasteiger partial charge >= 0.3 is 0 Å². The van der Waals surface area contributed by atoms with E-state index < -0.39 is 0 Å². The molecule has 0 saturated carbocycles. The summed E-state index contributed by atoms with van der Waals surface area (Å²) < 4.78 is 17.2. The molecule has 4 rings (SSSR count). The largest absolute Gasteiger partial charge is 0.496 e. The fourth-order valence-corrected chi connectivity index (χ4v) is 3.96. The standard InChI is InChI=1S/C27H26N2O4/c1-17(13-25(30)29-15-19-9-11-28-12-10-19)21-14-22-23(20-7-5-6-8-24(20)31-3)16-33-27(22)18(2)26(21)32-4/h5-14,16H,15H2,1-4H3,(H,29,30)/b17-13+. The number of aryl methyl sites for hydroxylation is 1. The smallest absolute Gasteiger partial charge is 0.244 e. The quantitative estimate of drug-likeness (QED) is 0.381. The van der Waals surface area contributed by atoms with Gasteiger partial charge in [-0.1, -0.05) is 18.2 Å². The lowest BCUT2D eigenvalue weighted by molar-refractivity contribution is -0.116. The molecule has 0 saturated heterocycles. The molecule has 2 heterocycles. The van der Waals surface area contributed by atoms with Crippen LogP contribution in [0, 0.1) is 6.92 Å². The maximum Gasteiger partial charge on any atom is 0.244 e. The van der Waals surface area contributed by atoms with Crippen LogP contribution in [0.2, 0.25) is 0 Å². The number of carbonyl (C=O) groups is 1. The van der Waals surface area contributed by atoms with Crippen molar-refractivity contribution in [2.24, 2.45) is 0 Å². The number of amides is 1. The molecule has 0 unspecified atom stereocenters. The molecular formula is C27H26N2O4. The van der Waals surface area contributed by atoms with E-state index in [9.17, 15) is 4.79 Å². The van der Waals surface area contributed by atoms with E-state index in [-0.39, 0.29) is 5.91 Å². The number of aromatic nitrogens is 1. The van der Waals surface area contributed by atoms with Gasteiger partial charge in [-0.25, -0.2) is 0 Å². The molecule has 0 radical (unpaired) electrons. The third kappa shape index (κ3) is 4.46. The number of para-hydroxylation sites is 1. The zero-order valence-electron chi connectivity index (χ0n) is 19.1.